The van der Waals surface area contributed by atoms with Gasteiger partial charge < -0.3 is 9.64 Å². The predicted molar refractivity (Wildman–Crippen MR) is 104 cm³/mol. The summed E-state index contributed by atoms with van der Waals surface area (Å²) in [4.78, 5) is 20.7. The third-order valence-electron chi connectivity index (χ3n) is 3.85. The normalized spacial score (nSPS) is 10.7. The first-order valence-corrected chi connectivity index (χ1v) is 9.71. The van der Waals surface area contributed by atoms with Gasteiger partial charge in [0.2, 0.25) is 0 Å². The van der Waals surface area contributed by atoms with E-state index in [0.29, 0.717) is 18.0 Å². The average molecular weight is 373 g/mol. The fourth-order valence-corrected chi connectivity index (χ4v) is 4.24. The second-order valence-electron chi connectivity index (χ2n) is 5.75. The summed E-state index contributed by atoms with van der Waals surface area (Å²) < 4.78 is 5.78. The number of nitrogens with zero attached hydrogens (tertiary/aromatic N) is 2. The Balaban J connectivity index is 1.62. The first kappa shape index (κ1) is 17.6. The molecule has 1 amide bonds. The number of carbonyl (C=O) groups excluding carboxylic acids is 1. The zero-order chi connectivity index (χ0) is 17.8. The molecule has 25 heavy (non-hydrogen) atoms. The Labute approximate surface area is 155 Å². The zero-order valence-corrected chi connectivity index (χ0v) is 16.1. The lowest BCUT2D eigenvalue weighted by Crippen LogP contribution is -2.30. The van der Waals surface area contributed by atoms with Crippen molar-refractivity contribution >= 4 is 28.6 Å². The van der Waals surface area contributed by atoms with Crippen molar-refractivity contribution in [1.82, 2.24) is 9.88 Å². The Bertz CT molecular complexity index is 856. The molecular weight excluding hydrogens is 352 g/mol. The Kier molecular flexibility index (Phi) is 5.50. The number of carbonyl (C=O) groups is 1. The largest absolute Gasteiger partial charge is 0.491 e. The molecule has 2 aromatic heterocycles. The lowest BCUT2D eigenvalue weighted by molar-refractivity contribution is 0.0777. The average Bonchev–Trinajstić information content (AvgIpc) is 3.25. The van der Waals surface area contributed by atoms with E-state index >= 15 is 0 Å². The maximum absolute atomic E-state index is 12.7. The molecule has 0 spiro atoms. The van der Waals surface area contributed by atoms with Gasteiger partial charge in [0, 0.05) is 7.05 Å². The number of hydrogen-bond donors (Lipinski definition) is 0. The van der Waals surface area contributed by atoms with E-state index in [4.69, 9.17) is 4.74 Å². The second-order valence-corrected chi connectivity index (χ2v) is 7.70. The molecule has 6 heteroatoms. The molecule has 0 saturated carbocycles. The summed E-state index contributed by atoms with van der Waals surface area (Å²) >= 11 is 3.09. The molecule has 0 N–H and O–H groups in total. The Morgan fingerprint density at radius 1 is 1.20 bits per heavy atom. The number of aryl methyl sites for hydroxylation is 2. The van der Waals surface area contributed by atoms with Crippen LogP contribution in [0.15, 0.2) is 41.8 Å². The molecule has 130 valence electrons. The molecule has 3 rings (SSSR count). The summed E-state index contributed by atoms with van der Waals surface area (Å²) in [6.07, 6.45) is 0. The third kappa shape index (κ3) is 4.08. The smallest absolute Gasteiger partial charge is 0.265 e. The van der Waals surface area contributed by atoms with Crippen LogP contribution in [0.1, 0.15) is 20.9 Å². The SMILES string of the molecule is Cc1ccccc1OCCN(C)C(=O)c1sc(-c2cccs2)nc1C. The summed E-state index contributed by atoms with van der Waals surface area (Å²) in [7, 11) is 1.80. The van der Waals surface area contributed by atoms with Crippen molar-refractivity contribution < 1.29 is 9.53 Å². The predicted octanol–water partition coefficient (Wildman–Crippen LogP) is 4.64. The highest BCUT2D eigenvalue weighted by molar-refractivity contribution is 7.22. The van der Waals surface area contributed by atoms with Crippen LogP contribution in [0.4, 0.5) is 0 Å². The highest BCUT2D eigenvalue weighted by Crippen LogP contribution is 2.31. The van der Waals surface area contributed by atoms with E-state index in [1.807, 2.05) is 55.6 Å². The second kappa shape index (κ2) is 7.80. The molecule has 4 nitrogen and oxygen atoms in total. The van der Waals surface area contributed by atoms with Crippen LogP contribution in [0.3, 0.4) is 0 Å². The van der Waals surface area contributed by atoms with Crippen LogP contribution in [0.25, 0.3) is 9.88 Å². The summed E-state index contributed by atoms with van der Waals surface area (Å²) in [6.45, 7) is 4.89. The number of aromatic nitrogens is 1. The van der Waals surface area contributed by atoms with Crippen LogP contribution in [0, 0.1) is 13.8 Å². The van der Waals surface area contributed by atoms with Gasteiger partial charge in [-0.05, 0) is 36.9 Å². The summed E-state index contributed by atoms with van der Waals surface area (Å²) in [5, 5.41) is 2.92. The van der Waals surface area contributed by atoms with Crippen molar-refractivity contribution in [2.75, 3.05) is 20.2 Å². The van der Waals surface area contributed by atoms with E-state index in [2.05, 4.69) is 4.98 Å². The Hall–Kier alpha value is -2.18. The van der Waals surface area contributed by atoms with E-state index < -0.39 is 0 Å². The quantitative estimate of drug-likeness (QED) is 0.633. The van der Waals surface area contributed by atoms with E-state index in [1.165, 1.54) is 11.3 Å². The van der Waals surface area contributed by atoms with Crippen molar-refractivity contribution in [1.29, 1.82) is 0 Å². The van der Waals surface area contributed by atoms with Gasteiger partial charge in [-0.15, -0.1) is 22.7 Å². The number of para-hydroxylation sites is 1. The molecule has 0 atom stereocenters. The number of thiazole rings is 1. The monoisotopic (exact) mass is 372 g/mol. The lowest BCUT2D eigenvalue weighted by atomic mass is 10.2. The van der Waals surface area contributed by atoms with E-state index in [0.717, 1.165) is 26.9 Å². The fourth-order valence-electron chi connectivity index (χ4n) is 2.39. The number of amides is 1. The first-order chi connectivity index (χ1) is 12.1. The molecule has 3 aromatic rings. The van der Waals surface area contributed by atoms with Crippen LogP contribution in [-0.2, 0) is 0 Å². The molecule has 0 unspecified atom stereocenters. The third-order valence-corrected chi connectivity index (χ3v) is 6.03. The van der Waals surface area contributed by atoms with Gasteiger partial charge in [0.25, 0.3) is 5.91 Å². The highest BCUT2D eigenvalue weighted by Gasteiger charge is 2.20. The fraction of sp³-hybridized carbons (Fsp3) is 0.263. The van der Waals surface area contributed by atoms with Gasteiger partial charge in [-0.3, -0.25) is 4.79 Å². The molecular formula is C19H20N2O2S2. The van der Waals surface area contributed by atoms with Crippen LogP contribution in [-0.4, -0.2) is 36.0 Å². The maximum Gasteiger partial charge on any atom is 0.265 e. The van der Waals surface area contributed by atoms with Gasteiger partial charge in [0.1, 0.15) is 22.2 Å². The maximum atomic E-state index is 12.7. The number of likely N-dealkylation sites (N-methyl/N-ethyl adjacent to an activating group) is 1. The highest BCUT2D eigenvalue weighted by atomic mass is 32.1. The van der Waals surface area contributed by atoms with Crippen molar-refractivity contribution in [2.45, 2.75) is 13.8 Å². The van der Waals surface area contributed by atoms with Gasteiger partial charge in [-0.1, -0.05) is 24.3 Å². The van der Waals surface area contributed by atoms with Crippen LogP contribution in [0.2, 0.25) is 0 Å². The molecule has 1 aromatic carbocycles. The molecule has 0 radical (unpaired) electrons. The van der Waals surface area contributed by atoms with E-state index in [1.54, 1.807) is 23.3 Å². The minimum absolute atomic E-state index is 0.00816. The molecule has 0 aliphatic rings. The minimum atomic E-state index is -0.00816. The van der Waals surface area contributed by atoms with Crippen molar-refractivity contribution in [3.05, 3.63) is 57.9 Å². The van der Waals surface area contributed by atoms with Gasteiger partial charge in [0.05, 0.1) is 17.1 Å². The van der Waals surface area contributed by atoms with Crippen LogP contribution >= 0.6 is 22.7 Å². The van der Waals surface area contributed by atoms with Gasteiger partial charge in [-0.2, -0.15) is 0 Å². The van der Waals surface area contributed by atoms with Crippen molar-refractivity contribution in [3.63, 3.8) is 0 Å². The topological polar surface area (TPSA) is 42.4 Å². The molecule has 0 aliphatic carbocycles. The molecule has 2 heterocycles. The number of thiophene rings is 1. The molecule has 0 aliphatic heterocycles. The number of rotatable bonds is 6. The Morgan fingerprint density at radius 3 is 2.72 bits per heavy atom. The summed E-state index contributed by atoms with van der Waals surface area (Å²) in [5.41, 5.74) is 1.88. The Morgan fingerprint density at radius 2 is 2.00 bits per heavy atom. The zero-order valence-electron chi connectivity index (χ0n) is 14.5. The van der Waals surface area contributed by atoms with Gasteiger partial charge in [0.15, 0.2) is 0 Å². The van der Waals surface area contributed by atoms with Crippen LogP contribution < -0.4 is 4.74 Å². The number of benzene rings is 1. The number of ether oxygens (including phenoxy) is 1. The minimum Gasteiger partial charge on any atom is -0.491 e. The lowest BCUT2D eigenvalue weighted by Gasteiger charge is -2.17. The summed E-state index contributed by atoms with van der Waals surface area (Å²) in [5.74, 6) is 0.850. The van der Waals surface area contributed by atoms with E-state index in [-0.39, 0.29) is 5.91 Å². The number of hydrogen-bond acceptors (Lipinski definition) is 5. The van der Waals surface area contributed by atoms with E-state index in [9.17, 15) is 4.79 Å². The van der Waals surface area contributed by atoms with Gasteiger partial charge >= 0.3 is 0 Å². The van der Waals surface area contributed by atoms with Crippen molar-refractivity contribution in [3.8, 4) is 15.6 Å². The molecule has 0 bridgehead atoms. The van der Waals surface area contributed by atoms with Gasteiger partial charge in [-0.25, -0.2) is 4.98 Å². The first-order valence-electron chi connectivity index (χ1n) is 8.01. The van der Waals surface area contributed by atoms with Crippen LogP contribution in [0.5, 0.6) is 5.75 Å². The summed E-state index contributed by atoms with van der Waals surface area (Å²) in [6, 6.07) is 11.9. The standard InChI is InChI=1S/C19H20N2O2S2/c1-13-7-4-5-8-15(13)23-11-10-21(3)19(22)17-14(2)20-18(25-17)16-9-6-12-24-16/h4-9,12H,10-11H2,1-3H3. The van der Waals surface area contributed by atoms with Crippen molar-refractivity contribution in [2.24, 2.45) is 0 Å². The molecule has 0 saturated heterocycles. The molecule has 0 fully saturated rings.